The van der Waals surface area contributed by atoms with Gasteiger partial charge in [0.2, 0.25) is 5.89 Å². The lowest BCUT2D eigenvalue weighted by atomic mass is 9.91. The summed E-state index contributed by atoms with van der Waals surface area (Å²) in [5.41, 5.74) is 7.19. The van der Waals surface area contributed by atoms with E-state index < -0.39 is 5.83 Å². The molecule has 0 saturated heterocycles. The second kappa shape index (κ2) is 10.7. The van der Waals surface area contributed by atoms with Gasteiger partial charge in [-0.25, -0.2) is 9.37 Å². The highest BCUT2D eigenvalue weighted by atomic mass is 35.5. The van der Waals surface area contributed by atoms with Crippen molar-refractivity contribution in [3.05, 3.63) is 105 Å². The molecule has 5 nitrogen and oxygen atoms in total. The number of carbonyl (C=O) groups excluding carboxylic acids is 2. The molecular formula is C32H23ClFNO4. The molecule has 1 heterocycles. The van der Waals surface area contributed by atoms with Gasteiger partial charge in [-0.05, 0) is 78.1 Å². The Hall–Kier alpha value is -4.55. The molecule has 4 aromatic carbocycles. The molecule has 0 bridgehead atoms. The Kier molecular flexibility index (Phi) is 7.13. The lowest BCUT2D eigenvalue weighted by molar-refractivity contribution is 0.111. The Morgan fingerprint density at radius 2 is 1.62 bits per heavy atom. The fraction of sp³-hybridized carbons (Fsp3) is 0.0938. The minimum Gasteiger partial charge on any atom is -0.496 e. The molecule has 0 spiro atoms. The molecule has 194 valence electrons. The fourth-order valence-corrected chi connectivity index (χ4v) is 4.89. The third-order valence-electron chi connectivity index (χ3n) is 6.75. The van der Waals surface area contributed by atoms with Crippen molar-refractivity contribution in [3.8, 4) is 28.3 Å². The maximum atomic E-state index is 15.3. The van der Waals surface area contributed by atoms with Crippen LogP contribution in [0.15, 0.2) is 71.1 Å². The molecular weight excluding hydrogens is 517 g/mol. The maximum absolute atomic E-state index is 15.3. The van der Waals surface area contributed by atoms with Gasteiger partial charge in [0.05, 0.1) is 17.7 Å². The molecule has 0 aliphatic rings. The summed E-state index contributed by atoms with van der Waals surface area (Å²) < 4.78 is 26.5. The van der Waals surface area contributed by atoms with Crippen LogP contribution < -0.4 is 4.74 Å². The van der Waals surface area contributed by atoms with Gasteiger partial charge in [0.1, 0.15) is 23.4 Å². The molecule has 39 heavy (non-hydrogen) atoms. The first-order valence-corrected chi connectivity index (χ1v) is 12.5. The maximum Gasteiger partial charge on any atom is 0.227 e. The van der Waals surface area contributed by atoms with Crippen LogP contribution in [0, 0.1) is 13.8 Å². The van der Waals surface area contributed by atoms with Gasteiger partial charge < -0.3 is 9.15 Å². The summed E-state index contributed by atoms with van der Waals surface area (Å²) in [6.07, 6.45) is 2.86. The minimum absolute atomic E-state index is 0.312. The van der Waals surface area contributed by atoms with Crippen molar-refractivity contribution >= 4 is 47.2 Å². The molecule has 7 heteroatoms. The van der Waals surface area contributed by atoms with E-state index in [0.29, 0.717) is 56.3 Å². The van der Waals surface area contributed by atoms with Gasteiger partial charge in [-0.2, -0.15) is 0 Å². The number of carbonyl (C=O) groups is 2. The summed E-state index contributed by atoms with van der Waals surface area (Å²) in [5, 5.41) is 0.318. The second-order valence-electron chi connectivity index (χ2n) is 9.05. The second-order valence-corrected chi connectivity index (χ2v) is 9.46. The molecule has 0 N–H and O–H groups in total. The van der Waals surface area contributed by atoms with Crippen molar-refractivity contribution in [3.63, 3.8) is 0 Å². The standard InChI is InChI=1S/C32H23ClFNO4/c1-18-21(14-28(34)22-10-11-23(17-37)30(15-22)38-3)6-4-7-24(18)25-8-5-9-26(19(25)2)32-35-29-13-20(16-36)12-27(33)31(29)39-32/h4-17H,1-3H3/b28-14-. The van der Waals surface area contributed by atoms with E-state index in [-0.39, 0.29) is 0 Å². The van der Waals surface area contributed by atoms with E-state index in [2.05, 4.69) is 4.98 Å². The van der Waals surface area contributed by atoms with E-state index >= 15 is 4.39 Å². The number of aldehydes is 2. The molecule has 0 atom stereocenters. The van der Waals surface area contributed by atoms with Crippen molar-refractivity contribution in [1.82, 2.24) is 4.98 Å². The van der Waals surface area contributed by atoms with Gasteiger partial charge in [-0.15, -0.1) is 0 Å². The Morgan fingerprint density at radius 3 is 2.33 bits per heavy atom. The van der Waals surface area contributed by atoms with E-state index in [0.717, 1.165) is 34.1 Å². The van der Waals surface area contributed by atoms with Crippen molar-refractivity contribution < 1.29 is 23.1 Å². The lowest BCUT2D eigenvalue weighted by Gasteiger charge is -2.14. The zero-order valence-electron chi connectivity index (χ0n) is 21.4. The summed E-state index contributed by atoms with van der Waals surface area (Å²) in [7, 11) is 1.44. The number of hydrogen-bond donors (Lipinski definition) is 0. The number of fused-ring (bicyclic) bond motifs is 1. The molecule has 0 saturated carbocycles. The zero-order chi connectivity index (χ0) is 27.7. The van der Waals surface area contributed by atoms with Crippen LogP contribution in [0.4, 0.5) is 4.39 Å². The first-order chi connectivity index (χ1) is 18.8. The summed E-state index contributed by atoms with van der Waals surface area (Å²) >= 11 is 6.31. The first-order valence-electron chi connectivity index (χ1n) is 12.1. The van der Waals surface area contributed by atoms with Crippen LogP contribution in [0.1, 0.15) is 43.0 Å². The number of halogens is 2. The highest BCUT2D eigenvalue weighted by Crippen LogP contribution is 2.37. The Labute approximate surface area is 229 Å². The average molecular weight is 540 g/mol. The van der Waals surface area contributed by atoms with Crippen LogP contribution in [0.3, 0.4) is 0 Å². The number of hydrogen-bond acceptors (Lipinski definition) is 5. The number of methoxy groups -OCH3 is 1. The Morgan fingerprint density at radius 1 is 0.897 bits per heavy atom. The van der Waals surface area contributed by atoms with E-state index in [1.165, 1.54) is 25.3 Å². The third-order valence-corrected chi connectivity index (χ3v) is 7.03. The number of ether oxygens (including phenoxy) is 1. The van der Waals surface area contributed by atoms with Gasteiger partial charge in [0.25, 0.3) is 0 Å². The van der Waals surface area contributed by atoms with Crippen LogP contribution in [-0.4, -0.2) is 24.7 Å². The zero-order valence-corrected chi connectivity index (χ0v) is 22.2. The predicted molar refractivity (Wildman–Crippen MR) is 152 cm³/mol. The molecule has 5 aromatic rings. The number of nitrogens with zero attached hydrogens (tertiary/aromatic N) is 1. The largest absolute Gasteiger partial charge is 0.496 e. The molecule has 0 aliphatic carbocycles. The van der Waals surface area contributed by atoms with Crippen LogP contribution in [-0.2, 0) is 0 Å². The first kappa shape index (κ1) is 26.1. The number of benzene rings is 4. The van der Waals surface area contributed by atoms with Crippen LogP contribution in [0.25, 0.3) is 45.6 Å². The summed E-state index contributed by atoms with van der Waals surface area (Å²) in [4.78, 5) is 27.0. The van der Waals surface area contributed by atoms with Gasteiger partial charge >= 0.3 is 0 Å². The van der Waals surface area contributed by atoms with Gasteiger partial charge in [-0.1, -0.05) is 48.0 Å². The van der Waals surface area contributed by atoms with Crippen molar-refractivity contribution in [2.24, 2.45) is 0 Å². The quantitative estimate of drug-likeness (QED) is 0.153. The van der Waals surface area contributed by atoms with E-state index in [1.807, 2.05) is 50.2 Å². The molecule has 0 radical (unpaired) electrons. The lowest BCUT2D eigenvalue weighted by Crippen LogP contribution is -1.93. The summed E-state index contributed by atoms with van der Waals surface area (Å²) in [6.45, 7) is 3.91. The average Bonchev–Trinajstić information content (AvgIpc) is 3.38. The van der Waals surface area contributed by atoms with E-state index in [9.17, 15) is 9.59 Å². The van der Waals surface area contributed by atoms with Crippen LogP contribution >= 0.6 is 11.6 Å². The molecule has 0 unspecified atom stereocenters. The SMILES string of the molecule is COc1cc(/C(F)=C/c2cccc(-c3cccc(-c4nc5cc(C=O)cc(Cl)c5o4)c3C)c2C)ccc1C=O. The van der Waals surface area contributed by atoms with Crippen LogP contribution in [0.5, 0.6) is 5.75 Å². The van der Waals surface area contributed by atoms with E-state index in [1.54, 1.807) is 18.2 Å². The highest BCUT2D eigenvalue weighted by Gasteiger charge is 2.17. The number of aromatic nitrogens is 1. The molecule has 0 amide bonds. The summed E-state index contributed by atoms with van der Waals surface area (Å²) in [6, 6.07) is 19.3. The van der Waals surface area contributed by atoms with Crippen molar-refractivity contribution in [2.45, 2.75) is 13.8 Å². The Balaban J connectivity index is 1.56. The Bertz CT molecular complexity index is 1790. The normalized spacial score (nSPS) is 11.6. The van der Waals surface area contributed by atoms with Gasteiger partial charge in [0, 0.05) is 16.7 Å². The molecule has 0 aliphatic heterocycles. The van der Waals surface area contributed by atoms with Gasteiger partial charge in [-0.3, -0.25) is 9.59 Å². The predicted octanol–water partition coefficient (Wildman–Crippen LogP) is 8.53. The fourth-order valence-electron chi connectivity index (χ4n) is 4.63. The van der Waals surface area contributed by atoms with E-state index in [4.69, 9.17) is 20.8 Å². The highest BCUT2D eigenvalue weighted by molar-refractivity contribution is 6.35. The molecule has 1 aromatic heterocycles. The summed E-state index contributed by atoms with van der Waals surface area (Å²) in [5.74, 6) is 0.253. The van der Waals surface area contributed by atoms with Gasteiger partial charge in [0.15, 0.2) is 11.9 Å². The molecule has 5 rings (SSSR count). The van der Waals surface area contributed by atoms with Crippen molar-refractivity contribution in [2.75, 3.05) is 7.11 Å². The monoisotopic (exact) mass is 539 g/mol. The topological polar surface area (TPSA) is 69.4 Å². The smallest absolute Gasteiger partial charge is 0.227 e. The van der Waals surface area contributed by atoms with Crippen LogP contribution in [0.2, 0.25) is 5.02 Å². The number of rotatable bonds is 7. The van der Waals surface area contributed by atoms with Crippen molar-refractivity contribution in [1.29, 1.82) is 0 Å². The minimum atomic E-state index is -0.450. The third kappa shape index (κ3) is 4.87. The number of oxazole rings is 1. The molecule has 0 fully saturated rings.